The minimum atomic E-state index is 0.632. The molecule has 0 amide bonds. The van der Waals surface area contributed by atoms with Crippen LogP contribution in [0.2, 0.25) is 0 Å². The van der Waals surface area contributed by atoms with Crippen molar-refractivity contribution < 1.29 is 4.74 Å². The van der Waals surface area contributed by atoms with E-state index in [0.29, 0.717) is 6.61 Å². The molecule has 2 heteroatoms. The zero-order valence-electron chi connectivity index (χ0n) is 10.2. The number of hydrogen-bond donors (Lipinski definition) is 0. The van der Waals surface area contributed by atoms with E-state index in [4.69, 9.17) is 4.74 Å². The van der Waals surface area contributed by atoms with Gasteiger partial charge in [-0.3, -0.25) is 0 Å². The lowest BCUT2D eigenvalue weighted by Gasteiger charge is -2.05. The molecule has 0 saturated heterocycles. The summed E-state index contributed by atoms with van der Waals surface area (Å²) in [6, 6.07) is 16.4. The van der Waals surface area contributed by atoms with Crippen molar-refractivity contribution in [2.24, 2.45) is 0 Å². The van der Waals surface area contributed by atoms with Crippen LogP contribution in [0.3, 0.4) is 0 Å². The number of aryl methyl sites for hydroxylation is 1. The Bertz CT molecular complexity index is 655. The second-order valence-electron chi connectivity index (χ2n) is 4.31. The Kier molecular flexibility index (Phi) is 3.03. The first-order valence-corrected chi connectivity index (χ1v) is 6.86. The SMILES string of the molecule is Cc1cccc2c(COc3ccccc3)csc12. The molecule has 90 valence electrons. The Labute approximate surface area is 111 Å². The van der Waals surface area contributed by atoms with E-state index in [1.54, 1.807) is 11.3 Å². The van der Waals surface area contributed by atoms with Crippen LogP contribution in [0.5, 0.6) is 5.75 Å². The van der Waals surface area contributed by atoms with E-state index in [9.17, 15) is 0 Å². The molecule has 0 fully saturated rings. The molecule has 0 radical (unpaired) electrons. The Hall–Kier alpha value is -1.80. The van der Waals surface area contributed by atoms with Gasteiger partial charge in [0.25, 0.3) is 0 Å². The van der Waals surface area contributed by atoms with Crippen molar-refractivity contribution in [2.75, 3.05) is 0 Å². The maximum atomic E-state index is 5.81. The van der Waals surface area contributed by atoms with Crippen LogP contribution in [0.15, 0.2) is 53.9 Å². The summed E-state index contributed by atoms with van der Waals surface area (Å²) in [5.74, 6) is 0.921. The number of hydrogen-bond acceptors (Lipinski definition) is 2. The number of thiophene rings is 1. The van der Waals surface area contributed by atoms with Crippen molar-refractivity contribution in [3.8, 4) is 5.75 Å². The van der Waals surface area contributed by atoms with Gasteiger partial charge in [-0.05, 0) is 35.4 Å². The highest BCUT2D eigenvalue weighted by molar-refractivity contribution is 7.17. The molecule has 3 aromatic rings. The molecule has 0 N–H and O–H groups in total. The van der Waals surface area contributed by atoms with E-state index in [0.717, 1.165) is 5.75 Å². The molecular formula is C16H14OS. The van der Waals surface area contributed by atoms with Gasteiger partial charge < -0.3 is 4.74 Å². The number of para-hydroxylation sites is 1. The van der Waals surface area contributed by atoms with Crippen molar-refractivity contribution in [3.63, 3.8) is 0 Å². The summed E-state index contributed by atoms with van der Waals surface area (Å²) in [6.07, 6.45) is 0. The molecule has 2 aromatic carbocycles. The molecule has 0 aliphatic heterocycles. The monoisotopic (exact) mass is 254 g/mol. The standard InChI is InChI=1S/C16H14OS/c1-12-6-5-9-15-13(11-18-16(12)15)10-17-14-7-3-2-4-8-14/h2-9,11H,10H2,1H3. The summed E-state index contributed by atoms with van der Waals surface area (Å²) in [7, 11) is 0. The number of ether oxygens (including phenoxy) is 1. The topological polar surface area (TPSA) is 9.23 Å². The zero-order valence-corrected chi connectivity index (χ0v) is 11.0. The second kappa shape index (κ2) is 4.83. The third-order valence-electron chi connectivity index (χ3n) is 3.01. The first kappa shape index (κ1) is 11.3. The van der Waals surface area contributed by atoms with E-state index in [-0.39, 0.29) is 0 Å². The van der Waals surface area contributed by atoms with Gasteiger partial charge in [-0.1, -0.05) is 36.4 Å². The lowest BCUT2D eigenvalue weighted by Crippen LogP contribution is -1.93. The Morgan fingerprint density at radius 2 is 1.83 bits per heavy atom. The molecule has 1 nitrogen and oxygen atoms in total. The Morgan fingerprint density at radius 1 is 1.00 bits per heavy atom. The van der Waals surface area contributed by atoms with E-state index >= 15 is 0 Å². The lowest BCUT2D eigenvalue weighted by atomic mass is 10.1. The summed E-state index contributed by atoms with van der Waals surface area (Å²) in [6.45, 7) is 2.79. The molecule has 0 aliphatic rings. The Morgan fingerprint density at radius 3 is 2.67 bits per heavy atom. The average Bonchev–Trinajstić information content (AvgIpc) is 2.82. The molecular weight excluding hydrogens is 240 g/mol. The molecule has 1 heterocycles. The van der Waals surface area contributed by atoms with E-state index in [2.05, 4.69) is 30.5 Å². The highest BCUT2D eigenvalue weighted by Gasteiger charge is 2.06. The van der Waals surface area contributed by atoms with Gasteiger partial charge in [0.2, 0.25) is 0 Å². The third kappa shape index (κ3) is 2.12. The first-order valence-electron chi connectivity index (χ1n) is 5.98. The molecule has 0 unspecified atom stereocenters. The van der Waals surface area contributed by atoms with Gasteiger partial charge >= 0.3 is 0 Å². The fourth-order valence-corrected chi connectivity index (χ4v) is 3.08. The summed E-state index contributed by atoms with van der Waals surface area (Å²) in [5, 5.41) is 3.51. The van der Waals surface area contributed by atoms with Crippen LogP contribution in [0.25, 0.3) is 10.1 Å². The highest BCUT2D eigenvalue weighted by Crippen LogP contribution is 2.29. The van der Waals surface area contributed by atoms with E-state index in [1.165, 1.54) is 21.2 Å². The first-order chi connectivity index (χ1) is 8.84. The van der Waals surface area contributed by atoms with Gasteiger partial charge in [-0.15, -0.1) is 11.3 Å². The van der Waals surface area contributed by atoms with Crippen molar-refractivity contribution >= 4 is 21.4 Å². The summed E-state index contributed by atoms with van der Waals surface area (Å²) in [5.41, 5.74) is 2.60. The second-order valence-corrected chi connectivity index (χ2v) is 5.19. The van der Waals surface area contributed by atoms with Gasteiger partial charge in [0, 0.05) is 10.3 Å². The number of rotatable bonds is 3. The third-order valence-corrected chi connectivity index (χ3v) is 4.19. The average molecular weight is 254 g/mol. The Balaban J connectivity index is 1.85. The van der Waals surface area contributed by atoms with Crippen LogP contribution in [0.1, 0.15) is 11.1 Å². The van der Waals surface area contributed by atoms with Crippen LogP contribution < -0.4 is 4.74 Å². The van der Waals surface area contributed by atoms with Crippen LogP contribution in [0.4, 0.5) is 0 Å². The van der Waals surface area contributed by atoms with Crippen molar-refractivity contribution in [3.05, 3.63) is 65.0 Å². The molecule has 0 aliphatic carbocycles. The highest BCUT2D eigenvalue weighted by atomic mass is 32.1. The van der Waals surface area contributed by atoms with Crippen LogP contribution in [0, 0.1) is 6.92 Å². The smallest absolute Gasteiger partial charge is 0.119 e. The predicted molar refractivity (Wildman–Crippen MR) is 77.3 cm³/mol. The largest absolute Gasteiger partial charge is 0.489 e. The molecule has 1 aromatic heterocycles. The molecule has 0 saturated carbocycles. The fraction of sp³-hybridized carbons (Fsp3) is 0.125. The van der Waals surface area contributed by atoms with Gasteiger partial charge in [-0.25, -0.2) is 0 Å². The summed E-state index contributed by atoms with van der Waals surface area (Å²) < 4.78 is 7.17. The van der Waals surface area contributed by atoms with Gasteiger partial charge in [0.15, 0.2) is 0 Å². The normalized spacial score (nSPS) is 10.7. The molecule has 3 rings (SSSR count). The molecule has 0 spiro atoms. The predicted octanol–water partition coefficient (Wildman–Crippen LogP) is 4.79. The maximum absolute atomic E-state index is 5.81. The van der Waals surface area contributed by atoms with Crippen LogP contribution in [-0.4, -0.2) is 0 Å². The van der Waals surface area contributed by atoms with Gasteiger partial charge in [0.05, 0.1) is 0 Å². The van der Waals surface area contributed by atoms with Crippen molar-refractivity contribution in [1.82, 2.24) is 0 Å². The maximum Gasteiger partial charge on any atom is 0.119 e. The van der Waals surface area contributed by atoms with E-state index < -0.39 is 0 Å². The minimum Gasteiger partial charge on any atom is -0.489 e. The fourth-order valence-electron chi connectivity index (χ4n) is 2.04. The van der Waals surface area contributed by atoms with Gasteiger partial charge in [0.1, 0.15) is 12.4 Å². The van der Waals surface area contributed by atoms with E-state index in [1.807, 2.05) is 30.3 Å². The van der Waals surface area contributed by atoms with Crippen LogP contribution in [-0.2, 0) is 6.61 Å². The summed E-state index contributed by atoms with van der Waals surface area (Å²) in [4.78, 5) is 0. The molecule has 0 bridgehead atoms. The van der Waals surface area contributed by atoms with Crippen molar-refractivity contribution in [1.29, 1.82) is 0 Å². The quantitative estimate of drug-likeness (QED) is 0.653. The minimum absolute atomic E-state index is 0.632. The number of benzene rings is 2. The lowest BCUT2D eigenvalue weighted by molar-refractivity contribution is 0.308. The van der Waals surface area contributed by atoms with Crippen LogP contribution >= 0.6 is 11.3 Å². The zero-order chi connectivity index (χ0) is 12.4. The number of fused-ring (bicyclic) bond motifs is 1. The van der Waals surface area contributed by atoms with Gasteiger partial charge in [-0.2, -0.15) is 0 Å². The molecule has 0 atom stereocenters. The van der Waals surface area contributed by atoms with Crippen molar-refractivity contribution in [2.45, 2.75) is 13.5 Å². The molecule has 18 heavy (non-hydrogen) atoms. The summed E-state index contributed by atoms with van der Waals surface area (Å²) >= 11 is 1.80.